The molecule has 1 saturated heterocycles. The summed E-state index contributed by atoms with van der Waals surface area (Å²) in [5.74, 6) is 0. The fourth-order valence-electron chi connectivity index (χ4n) is 2.54. The lowest BCUT2D eigenvalue weighted by Gasteiger charge is -2.36. The largest absolute Gasteiger partial charge is 0.316 e. The third kappa shape index (κ3) is 3.86. The molecule has 6 heteroatoms. The smallest absolute Gasteiger partial charge is 0.244 e. The van der Waals surface area contributed by atoms with Gasteiger partial charge in [0.05, 0.1) is 4.90 Å². The van der Waals surface area contributed by atoms with Crippen molar-refractivity contribution in [2.45, 2.75) is 38.1 Å². The summed E-state index contributed by atoms with van der Waals surface area (Å²) in [6.45, 7) is 6.30. The molecule has 1 heterocycles. The van der Waals surface area contributed by atoms with Crippen molar-refractivity contribution in [3.8, 4) is 0 Å². The van der Waals surface area contributed by atoms with E-state index in [2.05, 4.69) is 35.1 Å². The maximum atomic E-state index is 12.8. The summed E-state index contributed by atoms with van der Waals surface area (Å²) in [4.78, 5) is 0.363. The first-order valence-electron chi connectivity index (χ1n) is 7.19. The van der Waals surface area contributed by atoms with Crippen molar-refractivity contribution in [1.29, 1.82) is 0 Å². The number of halogens is 1. The minimum absolute atomic E-state index is 0.236. The molecule has 2 rings (SSSR count). The fraction of sp³-hybridized carbons (Fsp3) is 0.600. The Kier molecular flexibility index (Phi) is 5.13. The highest BCUT2D eigenvalue weighted by atomic mass is 79.9. The molecule has 21 heavy (non-hydrogen) atoms. The van der Waals surface area contributed by atoms with Gasteiger partial charge in [0.15, 0.2) is 0 Å². The Morgan fingerprint density at radius 3 is 2.43 bits per heavy atom. The van der Waals surface area contributed by atoms with Crippen LogP contribution in [0.4, 0.5) is 0 Å². The Hall–Kier alpha value is -0.430. The van der Waals surface area contributed by atoms with Gasteiger partial charge in [0, 0.05) is 24.1 Å². The van der Waals surface area contributed by atoms with Gasteiger partial charge in [-0.2, -0.15) is 4.31 Å². The second-order valence-electron chi connectivity index (χ2n) is 6.36. The molecular weight excluding hydrogens is 352 g/mol. The third-order valence-electron chi connectivity index (χ3n) is 4.07. The highest BCUT2D eigenvalue weighted by Crippen LogP contribution is 2.34. The van der Waals surface area contributed by atoms with Crippen molar-refractivity contribution in [2.75, 3.05) is 20.1 Å². The number of hydrogen-bond donors (Lipinski definition) is 1. The van der Waals surface area contributed by atoms with Crippen LogP contribution in [0.2, 0.25) is 0 Å². The van der Waals surface area contributed by atoms with Gasteiger partial charge in [0.1, 0.15) is 0 Å². The van der Waals surface area contributed by atoms with E-state index in [0.717, 1.165) is 24.9 Å². The van der Waals surface area contributed by atoms with E-state index in [0.29, 0.717) is 22.5 Å². The molecule has 0 bridgehead atoms. The van der Waals surface area contributed by atoms with E-state index in [9.17, 15) is 8.42 Å². The third-order valence-corrected chi connectivity index (χ3v) is 6.95. The predicted molar refractivity (Wildman–Crippen MR) is 88.7 cm³/mol. The van der Waals surface area contributed by atoms with Gasteiger partial charge < -0.3 is 5.32 Å². The van der Waals surface area contributed by atoms with Crippen molar-refractivity contribution in [2.24, 2.45) is 5.41 Å². The van der Waals surface area contributed by atoms with Crippen LogP contribution >= 0.6 is 15.9 Å². The summed E-state index contributed by atoms with van der Waals surface area (Å²) >= 11 is 3.41. The number of nitrogens with zero attached hydrogens (tertiary/aromatic N) is 1. The number of rotatable bonds is 4. The van der Waals surface area contributed by atoms with Gasteiger partial charge in [-0.1, -0.05) is 19.9 Å². The van der Waals surface area contributed by atoms with Crippen LogP contribution in [0, 0.1) is 5.41 Å². The summed E-state index contributed by atoms with van der Waals surface area (Å²) in [7, 11) is -1.54. The molecule has 1 aliphatic heterocycles. The Balaban J connectivity index is 2.24. The van der Waals surface area contributed by atoms with E-state index in [1.807, 2.05) is 19.2 Å². The lowest BCUT2D eigenvalue weighted by atomic mass is 9.83. The van der Waals surface area contributed by atoms with Crippen LogP contribution in [0.5, 0.6) is 0 Å². The summed E-state index contributed by atoms with van der Waals surface area (Å²) < 4.78 is 27.8. The molecule has 0 unspecified atom stereocenters. The number of sulfonamides is 1. The Labute approximate surface area is 136 Å². The molecule has 4 nitrogen and oxygen atoms in total. The van der Waals surface area contributed by atoms with E-state index < -0.39 is 10.0 Å². The number of hydrogen-bond acceptors (Lipinski definition) is 3. The average molecular weight is 375 g/mol. The van der Waals surface area contributed by atoms with Gasteiger partial charge >= 0.3 is 0 Å². The quantitative estimate of drug-likeness (QED) is 0.880. The zero-order valence-corrected chi connectivity index (χ0v) is 15.2. The first-order valence-corrected chi connectivity index (χ1v) is 9.43. The average Bonchev–Trinajstić information content (AvgIpc) is 2.38. The molecule has 1 fully saturated rings. The molecule has 0 saturated carbocycles. The second kappa shape index (κ2) is 6.36. The summed E-state index contributed by atoms with van der Waals surface area (Å²) in [6, 6.07) is 5.44. The molecule has 0 aromatic heterocycles. The minimum atomic E-state index is -3.41. The Bertz CT molecular complexity index is 604. The van der Waals surface area contributed by atoms with Crippen LogP contribution in [0.3, 0.4) is 0 Å². The van der Waals surface area contributed by atoms with E-state index in [-0.39, 0.29) is 5.41 Å². The van der Waals surface area contributed by atoms with Crippen molar-refractivity contribution >= 4 is 26.0 Å². The van der Waals surface area contributed by atoms with E-state index in [4.69, 9.17) is 0 Å². The van der Waals surface area contributed by atoms with E-state index in [1.54, 1.807) is 10.4 Å². The normalized spacial score (nSPS) is 19.6. The Morgan fingerprint density at radius 2 is 1.90 bits per heavy atom. The first-order chi connectivity index (χ1) is 9.76. The van der Waals surface area contributed by atoms with Crippen LogP contribution in [0.25, 0.3) is 0 Å². The highest BCUT2D eigenvalue weighted by molar-refractivity contribution is 9.10. The molecule has 1 aromatic carbocycles. The first kappa shape index (κ1) is 16.9. The summed E-state index contributed by atoms with van der Waals surface area (Å²) in [6.07, 6.45) is 1.81. The molecule has 0 amide bonds. The van der Waals surface area contributed by atoms with Crippen LogP contribution in [-0.4, -0.2) is 32.9 Å². The summed E-state index contributed by atoms with van der Waals surface area (Å²) in [5.41, 5.74) is 1.29. The van der Waals surface area contributed by atoms with Crippen molar-refractivity contribution < 1.29 is 8.42 Å². The highest BCUT2D eigenvalue weighted by Gasteiger charge is 2.33. The minimum Gasteiger partial charge on any atom is -0.316 e. The van der Waals surface area contributed by atoms with Crippen molar-refractivity contribution in [3.05, 3.63) is 28.2 Å². The monoisotopic (exact) mass is 374 g/mol. The zero-order valence-electron chi connectivity index (χ0n) is 12.8. The number of benzene rings is 1. The number of nitrogens with one attached hydrogen (secondary N) is 1. The lowest BCUT2D eigenvalue weighted by molar-refractivity contribution is 0.196. The standard InChI is InChI=1S/C15H23BrN2O2S/c1-15(2)6-8-18(9-7-15)21(19,20)14-5-4-12(11-17-3)10-13(14)16/h4-5,10,17H,6-9,11H2,1-3H3. The zero-order chi connectivity index (χ0) is 15.7. The van der Waals surface area contributed by atoms with Crippen LogP contribution in [0.15, 0.2) is 27.6 Å². The van der Waals surface area contributed by atoms with Crippen LogP contribution in [0.1, 0.15) is 32.3 Å². The molecule has 0 aliphatic carbocycles. The van der Waals surface area contributed by atoms with Crippen LogP contribution < -0.4 is 5.32 Å². The van der Waals surface area contributed by atoms with E-state index in [1.165, 1.54) is 0 Å². The van der Waals surface area contributed by atoms with Crippen LogP contribution in [-0.2, 0) is 16.6 Å². The molecular formula is C15H23BrN2O2S. The topological polar surface area (TPSA) is 49.4 Å². The van der Waals surface area contributed by atoms with Crippen molar-refractivity contribution in [3.63, 3.8) is 0 Å². The number of piperidine rings is 1. The van der Waals surface area contributed by atoms with Crippen molar-refractivity contribution in [1.82, 2.24) is 9.62 Å². The molecule has 1 aromatic rings. The molecule has 0 spiro atoms. The van der Waals surface area contributed by atoms with Gasteiger partial charge in [0.2, 0.25) is 10.0 Å². The van der Waals surface area contributed by atoms with Gasteiger partial charge in [-0.25, -0.2) is 8.42 Å². The molecule has 1 N–H and O–H groups in total. The maximum Gasteiger partial charge on any atom is 0.244 e. The van der Waals surface area contributed by atoms with Gasteiger partial charge in [-0.05, 0) is 58.9 Å². The predicted octanol–water partition coefficient (Wildman–Crippen LogP) is 2.98. The molecule has 0 radical (unpaired) electrons. The molecule has 0 atom stereocenters. The maximum absolute atomic E-state index is 12.8. The van der Waals surface area contributed by atoms with E-state index >= 15 is 0 Å². The summed E-state index contributed by atoms with van der Waals surface area (Å²) in [5, 5.41) is 3.06. The van der Waals surface area contributed by atoms with Gasteiger partial charge in [-0.3, -0.25) is 0 Å². The van der Waals surface area contributed by atoms with Gasteiger partial charge in [0.25, 0.3) is 0 Å². The molecule has 118 valence electrons. The molecule has 1 aliphatic rings. The lowest BCUT2D eigenvalue weighted by Crippen LogP contribution is -2.41. The fourth-order valence-corrected chi connectivity index (χ4v) is 5.07. The SMILES string of the molecule is CNCc1ccc(S(=O)(=O)N2CCC(C)(C)CC2)c(Br)c1. The van der Waals surface area contributed by atoms with Gasteiger partial charge in [-0.15, -0.1) is 0 Å². The second-order valence-corrected chi connectivity index (χ2v) is 9.12. The Morgan fingerprint density at radius 1 is 1.29 bits per heavy atom.